The SMILES string of the molecule is CC1(C)C2CCC1(C)C1c3cc(O)c4cc(N5CCCCC5)ccc4c3-c3ccccc3C21. The molecule has 3 aromatic carbocycles. The number of hydrogen-bond donors (Lipinski definition) is 1. The maximum Gasteiger partial charge on any atom is 0.123 e. The van der Waals surface area contributed by atoms with Gasteiger partial charge in [0.1, 0.15) is 5.75 Å². The van der Waals surface area contributed by atoms with Crippen molar-refractivity contribution in [1.82, 2.24) is 0 Å². The quantitative estimate of drug-likeness (QED) is 0.419. The standard InChI is InChI=1S/C31H35NO/c1-30(2)25-13-14-31(30,3)29-24-18-26(33)23-17-19(32-15-7-4-8-16-32)11-12-22(23)27(24)20-9-5-6-10-21(20)28(25)29/h5-6,9-12,17-18,25,28-29,33H,4,7-8,13-16H2,1-3H3. The van der Waals surface area contributed by atoms with Gasteiger partial charge in [-0.25, -0.2) is 0 Å². The van der Waals surface area contributed by atoms with Gasteiger partial charge in [0, 0.05) is 24.2 Å². The molecule has 2 heteroatoms. The van der Waals surface area contributed by atoms with Gasteiger partial charge >= 0.3 is 0 Å². The Morgan fingerprint density at radius 3 is 2.48 bits per heavy atom. The minimum absolute atomic E-state index is 0.262. The van der Waals surface area contributed by atoms with Crippen LogP contribution in [-0.4, -0.2) is 18.2 Å². The number of hydrogen-bond acceptors (Lipinski definition) is 2. The number of rotatable bonds is 1. The number of piperidine rings is 1. The van der Waals surface area contributed by atoms with Crippen molar-refractivity contribution in [2.75, 3.05) is 18.0 Å². The molecule has 3 aliphatic carbocycles. The fourth-order valence-corrected chi connectivity index (χ4v) is 8.63. The molecule has 4 unspecified atom stereocenters. The monoisotopic (exact) mass is 437 g/mol. The molecule has 4 atom stereocenters. The van der Waals surface area contributed by atoms with E-state index in [1.54, 1.807) is 5.56 Å². The van der Waals surface area contributed by atoms with Crippen LogP contribution in [0, 0.1) is 16.7 Å². The summed E-state index contributed by atoms with van der Waals surface area (Å²) in [6, 6.07) is 18.2. The lowest BCUT2D eigenvalue weighted by molar-refractivity contribution is 0.134. The smallest absolute Gasteiger partial charge is 0.123 e. The van der Waals surface area contributed by atoms with Gasteiger partial charge in [0.25, 0.3) is 0 Å². The predicted molar refractivity (Wildman–Crippen MR) is 137 cm³/mol. The second kappa shape index (κ2) is 6.56. The van der Waals surface area contributed by atoms with Gasteiger partial charge in [0.2, 0.25) is 0 Å². The van der Waals surface area contributed by atoms with Crippen LogP contribution in [0.1, 0.15) is 75.8 Å². The molecule has 0 aromatic heterocycles. The van der Waals surface area contributed by atoms with Crippen molar-refractivity contribution in [2.45, 2.75) is 64.7 Å². The van der Waals surface area contributed by atoms with Gasteiger partial charge in [-0.3, -0.25) is 0 Å². The molecule has 0 spiro atoms. The second-order valence-corrected chi connectivity index (χ2v) is 12.0. The summed E-state index contributed by atoms with van der Waals surface area (Å²) in [5.41, 5.74) is 7.55. The number of aromatic hydroxyl groups is 1. The van der Waals surface area contributed by atoms with Crippen LogP contribution in [0.5, 0.6) is 5.75 Å². The Labute approximate surface area is 197 Å². The summed E-state index contributed by atoms with van der Waals surface area (Å²) in [5, 5.41) is 13.6. The first-order chi connectivity index (χ1) is 15.9. The van der Waals surface area contributed by atoms with E-state index in [-0.39, 0.29) is 5.41 Å². The van der Waals surface area contributed by atoms with Gasteiger partial charge in [-0.15, -0.1) is 0 Å². The largest absolute Gasteiger partial charge is 0.507 e. The number of benzene rings is 3. The fraction of sp³-hybridized carbons (Fsp3) is 0.484. The van der Waals surface area contributed by atoms with Gasteiger partial charge in [-0.1, -0.05) is 51.1 Å². The zero-order valence-corrected chi connectivity index (χ0v) is 20.2. The van der Waals surface area contributed by atoms with Crippen molar-refractivity contribution in [2.24, 2.45) is 16.7 Å². The van der Waals surface area contributed by atoms with Crippen LogP contribution in [0.25, 0.3) is 21.9 Å². The van der Waals surface area contributed by atoms with Crippen molar-refractivity contribution in [3.63, 3.8) is 0 Å². The van der Waals surface area contributed by atoms with Crippen LogP contribution in [0.2, 0.25) is 0 Å². The summed E-state index contributed by atoms with van der Waals surface area (Å²) in [7, 11) is 0. The number of fused-ring (bicyclic) bond motifs is 12. The molecular formula is C31H35NO. The molecule has 4 aliphatic rings. The Hall–Kier alpha value is -2.48. The molecule has 0 radical (unpaired) electrons. The molecule has 2 saturated carbocycles. The topological polar surface area (TPSA) is 23.5 Å². The Balaban J connectivity index is 1.49. The number of phenolic OH excluding ortho intramolecular Hbond substituents is 1. The highest BCUT2D eigenvalue weighted by Gasteiger charge is 2.67. The van der Waals surface area contributed by atoms with Crippen LogP contribution in [0.3, 0.4) is 0 Å². The normalized spacial score (nSPS) is 31.4. The molecule has 1 saturated heterocycles. The average molecular weight is 438 g/mol. The molecule has 1 heterocycles. The fourth-order valence-electron chi connectivity index (χ4n) is 8.63. The highest BCUT2D eigenvalue weighted by Crippen LogP contribution is 2.78. The van der Waals surface area contributed by atoms with Crippen molar-refractivity contribution in [3.8, 4) is 16.9 Å². The first-order valence-electron chi connectivity index (χ1n) is 13.1. The molecule has 2 bridgehead atoms. The summed E-state index contributed by atoms with van der Waals surface area (Å²) in [5.74, 6) is 2.21. The van der Waals surface area contributed by atoms with Crippen LogP contribution < -0.4 is 4.90 Å². The molecule has 33 heavy (non-hydrogen) atoms. The number of phenols is 1. The molecular weight excluding hydrogens is 402 g/mol. The molecule has 2 nitrogen and oxygen atoms in total. The lowest BCUT2D eigenvalue weighted by Crippen LogP contribution is -2.33. The van der Waals surface area contributed by atoms with Gasteiger partial charge in [-0.2, -0.15) is 0 Å². The zero-order chi connectivity index (χ0) is 22.5. The van der Waals surface area contributed by atoms with E-state index in [1.807, 2.05) is 0 Å². The van der Waals surface area contributed by atoms with Crippen molar-refractivity contribution in [1.29, 1.82) is 0 Å². The third kappa shape index (κ3) is 2.40. The lowest BCUT2D eigenvalue weighted by atomic mass is 9.59. The van der Waals surface area contributed by atoms with Crippen LogP contribution >= 0.6 is 0 Å². The Bertz CT molecular complexity index is 1280. The van der Waals surface area contributed by atoms with Crippen LogP contribution in [-0.2, 0) is 0 Å². The molecule has 1 N–H and O–H groups in total. The molecule has 0 amide bonds. The Morgan fingerprint density at radius 1 is 0.879 bits per heavy atom. The van der Waals surface area contributed by atoms with Crippen molar-refractivity contribution < 1.29 is 5.11 Å². The maximum atomic E-state index is 11.4. The molecule has 3 aromatic rings. The van der Waals surface area contributed by atoms with E-state index in [2.05, 4.69) is 74.2 Å². The average Bonchev–Trinajstić information content (AvgIpc) is 3.17. The summed E-state index contributed by atoms with van der Waals surface area (Å²) in [6.07, 6.45) is 6.48. The highest BCUT2D eigenvalue weighted by molar-refractivity contribution is 6.04. The third-order valence-electron chi connectivity index (χ3n) is 10.6. The van der Waals surface area contributed by atoms with Crippen LogP contribution in [0.4, 0.5) is 5.69 Å². The third-order valence-corrected chi connectivity index (χ3v) is 10.6. The van der Waals surface area contributed by atoms with E-state index < -0.39 is 0 Å². The van der Waals surface area contributed by atoms with Gasteiger partial charge < -0.3 is 10.0 Å². The number of anilines is 1. The minimum Gasteiger partial charge on any atom is -0.507 e. The van der Waals surface area contributed by atoms with Crippen molar-refractivity contribution in [3.05, 3.63) is 59.7 Å². The van der Waals surface area contributed by atoms with E-state index in [9.17, 15) is 5.11 Å². The summed E-state index contributed by atoms with van der Waals surface area (Å²) in [4.78, 5) is 2.49. The molecule has 3 fully saturated rings. The summed E-state index contributed by atoms with van der Waals surface area (Å²) >= 11 is 0. The van der Waals surface area contributed by atoms with Crippen molar-refractivity contribution >= 4 is 16.5 Å². The Morgan fingerprint density at radius 2 is 1.67 bits per heavy atom. The molecule has 170 valence electrons. The highest BCUT2D eigenvalue weighted by atomic mass is 16.3. The maximum absolute atomic E-state index is 11.4. The van der Waals surface area contributed by atoms with Gasteiger partial charge in [0.05, 0.1) is 0 Å². The lowest BCUT2D eigenvalue weighted by Gasteiger charge is -2.44. The predicted octanol–water partition coefficient (Wildman–Crippen LogP) is 7.84. The molecule has 1 aliphatic heterocycles. The van der Waals surface area contributed by atoms with E-state index in [0.29, 0.717) is 28.9 Å². The second-order valence-electron chi connectivity index (χ2n) is 12.0. The van der Waals surface area contributed by atoms with E-state index in [4.69, 9.17) is 0 Å². The first-order valence-corrected chi connectivity index (χ1v) is 13.1. The summed E-state index contributed by atoms with van der Waals surface area (Å²) in [6.45, 7) is 9.81. The van der Waals surface area contributed by atoms with E-state index in [1.165, 1.54) is 59.9 Å². The Kier molecular flexibility index (Phi) is 3.96. The first kappa shape index (κ1) is 19.9. The van der Waals surface area contributed by atoms with E-state index in [0.717, 1.165) is 18.5 Å². The van der Waals surface area contributed by atoms with E-state index >= 15 is 0 Å². The van der Waals surface area contributed by atoms with Gasteiger partial charge in [-0.05, 0) is 107 Å². The molecule has 7 rings (SSSR count). The summed E-state index contributed by atoms with van der Waals surface area (Å²) < 4.78 is 0. The van der Waals surface area contributed by atoms with Crippen LogP contribution in [0.15, 0.2) is 48.5 Å². The zero-order valence-electron chi connectivity index (χ0n) is 20.2. The van der Waals surface area contributed by atoms with Gasteiger partial charge in [0.15, 0.2) is 0 Å². The number of nitrogens with zero attached hydrogens (tertiary/aromatic N) is 1. The minimum atomic E-state index is 0.262.